The predicted octanol–water partition coefficient (Wildman–Crippen LogP) is 3.18. The van der Waals surface area contributed by atoms with Crippen LogP contribution < -0.4 is 0 Å². The lowest BCUT2D eigenvalue weighted by Crippen LogP contribution is -2.08. The average molecular weight is 297 g/mol. The number of halogens is 1. The van der Waals surface area contributed by atoms with Crippen LogP contribution in [0.15, 0.2) is 18.2 Å². The van der Waals surface area contributed by atoms with Crippen LogP contribution in [0.1, 0.15) is 29.6 Å². The molecule has 17 heavy (non-hydrogen) atoms. The van der Waals surface area contributed by atoms with Crippen LogP contribution in [0, 0.1) is 6.92 Å². The number of hydrogen-bond acceptors (Lipinski definition) is 2. The second-order valence-electron chi connectivity index (χ2n) is 4.21. The summed E-state index contributed by atoms with van der Waals surface area (Å²) in [6.45, 7) is 4.91. The molecule has 1 aromatic carbocycles. The fraction of sp³-hybridized carbons (Fsp3) is 0.462. The maximum Gasteiger partial charge on any atom is 0.123 e. The quantitative estimate of drug-likeness (QED) is 0.880. The van der Waals surface area contributed by atoms with Crippen molar-refractivity contribution in [1.29, 1.82) is 0 Å². The van der Waals surface area contributed by atoms with Gasteiger partial charge in [-0.3, -0.25) is 0 Å². The zero-order chi connectivity index (χ0) is 12.4. The maximum atomic E-state index is 9.17. The molecule has 2 aromatic rings. The highest BCUT2D eigenvalue weighted by molar-refractivity contribution is 9.09. The number of alkyl halides is 1. The number of benzene rings is 1. The van der Waals surface area contributed by atoms with Gasteiger partial charge in [0.1, 0.15) is 5.82 Å². The fourth-order valence-electron chi connectivity index (χ4n) is 2.02. The summed E-state index contributed by atoms with van der Waals surface area (Å²) in [7, 11) is 0. The largest absolute Gasteiger partial charge is 0.395 e. The van der Waals surface area contributed by atoms with Crippen LogP contribution in [-0.4, -0.2) is 21.3 Å². The third kappa shape index (κ3) is 2.38. The van der Waals surface area contributed by atoms with Crippen LogP contribution >= 0.6 is 15.9 Å². The van der Waals surface area contributed by atoms with E-state index < -0.39 is 0 Å². The molecule has 1 unspecified atom stereocenters. The highest BCUT2D eigenvalue weighted by atomic mass is 79.9. The minimum atomic E-state index is 0.135. The van der Waals surface area contributed by atoms with Gasteiger partial charge in [-0.1, -0.05) is 28.9 Å². The standard InChI is InChI=1S/C13H17BrN2O/c1-3-10(14)13-15-11-8-9(2)4-5-12(11)16(13)6-7-17/h4-5,8,10,17H,3,6-7H2,1-2H3. The van der Waals surface area contributed by atoms with E-state index in [4.69, 9.17) is 5.11 Å². The van der Waals surface area contributed by atoms with Gasteiger partial charge < -0.3 is 9.67 Å². The number of aromatic nitrogens is 2. The van der Waals surface area contributed by atoms with Crippen LogP contribution in [0.3, 0.4) is 0 Å². The van der Waals surface area contributed by atoms with Crippen molar-refractivity contribution in [2.75, 3.05) is 6.61 Å². The lowest BCUT2D eigenvalue weighted by Gasteiger charge is -2.10. The molecule has 1 heterocycles. The Morgan fingerprint density at radius 2 is 2.24 bits per heavy atom. The Balaban J connectivity index is 2.61. The Morgan fingerprint density at radius 3 is 2.88 bits per heavy atom. The molecule has 0 amide bonds. The summed E-state index contributed by atoms with van der Waals surface area (Å²) >= 11 is 3.64. The van der Waals surface area contributed by atoms with Gasteiger partial charge in [-0.2, -0.15) is 0 Å². The molecule has 0 aliphatic carbocycles. The van der Waals surface area contributed by atoms with Crippen molar-refractivity contribution in [3.8, 4) is 0 Å². The summed E-state index contributed by atoms with van der Waals surface area (Å²) in [5.41, 5.74) is 3.31. The predicted molar refractivity (Wildman–Crippen MR) is 73.5 cm³/mol. The molecule has 0 radical (unpaired) electrons. The molecule has 1 atom stereocenters. The van der Waals surface area contributed by atoms with Crippen molar-refractivity contribution in [2.24, 2.45) is 0 Å². The van der Waals surface area contributed by atoms with Gasteiger partial charge >= 0.3 is 0 Å². The van der Waals surface area contributed by atoms with Crippen molar-refractivity contribution >= 4 is 27.0 Å². The Hall–Kier alpha value is -0.870. The zero-order valence-electron chi connectivity index (χ0n) is 10.2. The number of aliphatic hydroxyl groups excluding tert-OH is 1. The summed E-state index contributed by atoms with van der Waals surface area (Å²) < 4.78 is 2.09. The van der Waals surface area contributed by atoms with Gasteiger partial charge in [-0.15, -0.1) is 0 Å². The van der Waals surface area contributed by atoms with E-state index in [1.807, 2.05) is 0 Å². The number of hydrogen-bond donors (Lipinski definition) is 1. The lowest BCUT2D eigenvalue weighted by molar-refractivity contribution is 0.276. The van der Waals surface area contributed by atoms with Crippen LogP contribution in [-0.2, 0) is 6.54 Å². The van der Waals surface area contributed by atoms with Gasteiger partial charge in [0.25, 0.3) is 0 Å². The molecule has 0 aliphatic heterocycles. The summed E-state index contributed by atoms with van der Waals surface area (Å²) in [5, 5.41) is 9.17. The molecule has 0 spiro atoms. The molecule has 0 bridgehead atoms. The highest BCUT2D eigenvalue weighted by Crippen LogP contribution is 2.29. The van der Waals surface area contributed by atoms with E-state index in [1.54, 1.807) is 0 Å². The monoisotopic (exact) mass is 296 g/mol. The number of rotatable bonds is 4. The average Bonchev–Trinajstić information content (AvgIpc) is 2.67. The van der Waals surface area contributed by atoms with Crippen LogP contribution in [0.2, 0.25) is 0 Å². The normalized spacial score (nSPS) is 13.2. The van der Waals surface area contributed by atoms with Crippen LogP contribution in [0.25, 0.3) is 11.0 Å². The van der Waals surface area contributed by atoms with Crippen LogP contribution in [0.4, 0.5) is 0 Å². The number of imidazole rings is 1. The first kappa shape index (κ1) is 12.6. The lowest BCUT2D eigenvalue weighted by atomic mass is 10.2. The van der Waals surface area contributed by atoms with E-state index in [0.29, 0.717) is 6.54 Å². The second kappa shape index (κ2) is 5.19. The number of fused-ring (bicyclic) bond motifs is 1. The molecular weight excluding hydrogens is 280 g/mol. The Morgan fingerprint density at radius 1 is 1.47 bits per heavy atom. The van der Waals surface area contributed by atoms with E-state index in [9.17, 15) is 0 Å². The van der Waals surface area contributed by atoms with Gasteiger partial charge in [-0.05, 0) is 31.0 Å². The first-order valence-electron chi connectivity index (χ1n) is 5.89. The first-order valence-corrected chi connectivity index (χ1v) is 6.80. The summed E-state index contributed by atoms with van der Waals surface area (Å²) in [6, 6.07) is 6.24. The smallest absolute Gasteiger partial charge is 0.123 e. The molecule has 4 heteroatoms. The molecule has 2 rings (SSSR count). The molecule has 0 aliphatic rings. The van der Waals surface area contributed by atoms with Crippen molar-refractivity contribution < 1.29 is 5.11 Å². The third-order valence-electron chi connectivity index (χ3n) is 2.90. The first-order chi connectivity index (χ1) is 8.17. The molecule has 0 fully saturated rings. The Bertz CT molecular complexity index is 521. The fourth-order valence-corrected chi connectivity index (χ4v) is 2.36. The summed E-state index contributed by atoms with van der Waals surface area (Å²) in [4.78, 5) is 4.91. The summed E-state index contributed by atoms with van der Waals surface area (Å²) in [5.74, 6) is 1.00. The minimum Gasteiger partial charge on any atom is -0.395 e. The molecule has 92 valence electrons. The minimum absolute atomic E-state index is 0.135. The van der Waals surface area contributed by atoms with Crippen molar-refractivity contribution in [2.45, 2.75) is 31.6 Å². The van der Waals surface area contributed by atoms with E-state index in [-0.39, 0.29) is 11.4 Å². The Kier molecular flexibility index (Phi) is 3.84. The van der Waals surface area contributed by atoms with E-state index in [2.05, 4.69) is 57.5 Å². The molecular formula is C13H17BrN2O. The zero-order valence-corrected chi connectivity index (χ0v) is 11.7. The Labute approximate surface area is 110 Å². The number of aryl methyl sites for hydroxylation is 1. The molecule has 0 saturated heterocycles. The van der Waals surface area contributed by atoms with Gasteiger partial charge in [0.2, 0.25) is 0 Å². The van der Waals surface area contributed by atoms with Crippen molar-refractivity contribution in [3.63, 3.8) is 0 Å². The van der Waals surface area contributed by atoms with E-state index in [0.717, 1.165) is 23.3 Å². The molecule has 1 aromatic heterocycles. The highest BCUT2D eigenvalue weighted by Gasteiger charge is 2.16. The van der Waals surface area contributed by atoms with Crippen molar-refractivity contribution in [1.82, 2.24) is 9.55 Å². The van der Waals surface area contributed by atoms with Crippen molar-refractivity contribution in [3.05, 3.63) is 29.6 Å². The molecule has 0 saturated carbocycles. The SMILES string of the molecule is CCC(Br)c1nc2cc(C)ccc2n1CCO. The second-order valence-corrected chi connectivity index (χ2v) is 5.32. The topological polar surface area (TPSA) is 38.0 Å². The van der Waals surface area contributed by atoms with Crippen LogP contribution in [0.5, 0.6) is 0 Å². The van der Waals surface area contributed by atoms with Gasteiger partial charge in [-0.25, -0.2) is 4.98 Å². The van der Waals surface area contributed by atoms with Gasteiger partial charge in [0, 0.05) is 6.54 Å². The number of aliphatic hydroxyl groups is 1. The summed E-state index contributed by atoms with van der Waals surface area (Å²) in [6.07, 6.45) is 0.980. The molecule has 3 nitrogen and oxygen atoms in total. The third-order valence-corrected chi connectivity index (χ3v) is 3.95. The molecule has 1 N–H and O–H groups in total. The van der Waals surface area contributed by atoms with Gasteiger partial charge in [0.05, 0.1) is 22.5 Å². The number of nitrogens with zero attached hydrogens (tertiary/aromatic N) is 2. The van der Waals surface area contributed by atoms with Gasteiger partial charge in [0.15, 0.2) is 0 Å². The van der Waals surface area contributed by atoms with E-state index in [1.165, 1.54) is 5.56 Å². The van der Waals surface area contributed by atoms with E-state index >= 15 is 0 Å². The maximum absolute atomic E-state index is 9.17.